The number of benzene rings is 3. The zero-order chi connectivity index (χ0) is 23.8. The van der Waals surface area contributed by atoms with Crippen LogP contribution < -0.4 is 4.74 Å². The van der Waals surface area contributed by atoms with Crippen LogP contribution >= 0.6 is 11.8 Å². The van der Waals surface area contributed by atoms with Crippen molar-refractivity contribution in [3.8, 4) is 11.5 Å². The Balaban J connectivity index is 1.35. The minimum atomic E-state index is -0.836. The minimum Gasteiger partial charge on any atom is -0.481 e. The molecular formula is C27H27NO5S. The predicted molar refractivity (Wildman–Crippen MR) is 131 cm³/mol. The lowest BCUT2D eigenvalue weighted by molar-refractivity contribution is -0.137. The van der Waals surface area contributed by atoms with Gasteiger partial charge in [0.15, 0.2) is 0 Å². The number of nitrogens with zero attached hydrogens (tertiary/aromatic N) is 1. The van der Waals surface area contributed by atoms with Crippen LogP contribution in [0.25, 0.3) is 0 Å². The van der Waals surface area contributed by atoms with Gasteiger partial charge in [-0.2, -0.15) is 0 Å². The van der Waals surface area contributed by atoms with Crippen LogP contribution in [0.4, 0.5) is 4.79 Å². The lowest BCUT2D eigenvalue weighted by Crippen LogP contribution is -2.46. The fraction of sp³-hybridized carbons (Fsp3) is 0.259. The molecule has 1 amide bonds. The van der Waals surface area contributed by atoms with Gasteiger partial charge in [0, 0.05) is 22.7 Å². The molecule has 0 unspecified atom stereocenters. The van der Waals surface area contributed by atoms with Crippen LogP contribution in [0.1, 0.15) is 24.8 Å². The Morgan fingerprint density at radius 3 is 2.06 bits per heavy atom. The van der Waals surface area contributed by atoms with E-state index < -0.39 is 10.7 Å². The van der Waals surface area contributed by atoms with Crippen LogP contribution in [0.5, 0.6) is 11.5 Å². The highest BCUT2D eigenvalue weighted by molar-refractivity contribution is 8.00. The van der Waals surface area contributed by atoms with E-state index in [9.17, 15) is 14.7 Å². The third-order valence-electron chi connectivity index (χ3n) is 5.75. The summed E-state index contributed by atoms with van der Waals surface area (Å²) in [6, 6.07) is 26.8. The molecule has 4 rings (SSSR count). The SMILES string of the molecule is O=C(O)CC1(Sc2ccc(Oc3ccccc3)cc2)CCN(C(=O)OCc2ccccc2)CC1. The molecule has 176 valence electrons. The molecule has 0 spiro atoms. The fourth-order valence-corrected chi connectivity index (χ4v) is 5.30. The van der Waals surface area contributed by atoms with Gasteiger partial charge in [-0.05, 0) is 54.8 Å². The van der Waals surface area contributed by atoms with Gasteiger partial charge in [-0.15, -0.1) is 11.8 Å². The van der Waals surface area contributed by atoms with Crippen molar-refractivity contribution in [2.75, 3.05) is 13.1 Å². The molecule has 1 fully saturated rings. The first kappa shape index (κ1) is 23.7. The number of aliphatic carboxylic acids is 1. The van der Waals surface area contributed by atoms with E-state index in [1.807, 2.05) is 84.9 Å². The topological polar surface area (TPSA) is 76.1 Å². The summed E-state index contributed by atoms with van der Waals surface area (Å²) in [4.78, 5) is 26.8. The Hall–Kier alpha value is -3.45. The maximum absolute atomic E-state index is 12.5. The van der Waals surface area contributed by atoms with Crippen molar-refractivity contribution < 1.29 is 24.2 Å². The number of hydrogen-bond acceptors (Lipinski definition) is 5. The molecule has 3 aromatic carbocycles. The van der Waals surface area contributed by atoms with E-state index in [4.69, 9.17) is 9.47 Å². The lowest BCUT2D eigenvalue weighted by Gasteiger charge is -2.40. The molecule has 1 heterocycles. The Bertz CT molecular complexity index is 1080. The van der Waals surface area contributed by atoms with E-state index >= 15 is 0 Å². The average Bonchev–Trinajstić information content (AvgIpc) is 2.85. The van der Waals surface area contributed by atoms with Gasteiger partial charge in [-0.3, -0.25) is 4.79 Å². The van der Waals surface area contributed by atoms with E-state index in [0.717, 1.165) is 22.0 Å². The lowest BCUT2D eigenvalue weighted by atomic mass is 9.92. The number of amides is 1. The quantitative estimate of drug-likeness (QED) is 0.415. The smallest absolute Gasteiger partial charge is 0.410 e. The Morgan fingerprint density at radius 2 is 1.44 bits per heavy atom. The van der Waals surface area contributed by atoms with Crippen molar-refractivity contribution in [1.29, 1.82) is 0 Å². The average molecular weight is 478 g/mol. The molecule has 1 saturated heterocycles. The Morgan fingerprint density at radius 1 is 0.853 bits per heavy atom. The van der Waals surface area contributed by atoms with Gasteiger partial charge >= 0.3 is 12.1 Å². The molecule has 0 bridgehead atoms. The van der Waals surface area contributed by atoms with Crippen molar-refractivity contribution in [3.05, 3.63) is 90.5 Å². The number of carboxylic acids is 1. The van der Waals surface area contributed by atoms with E-state index in [1.54, 1.807) is 16.7 Å². The molecule has 1 aliphatic heterocycles. The predicted octanol–water partition coefficient (Wildman–Crippen LogP) is 6.22. The molecule has 3 aromatic rings. The number of para-hydroxylation sites is 1. The first-order chi connectivity index (χ1) is 16.5. The van der Waals surface area contributed by atoms with Crippen LogP contribution in [-0.2, 0) is 16.1 Å². The number of thioether (sulfide) groups is 1. The van der Waals surface area contributed by atoms with Gasteiger partial charge in [0.2, 0.25) is 0 Å². The Kier molecular flexibility index (Phi) is 7.75. The first-order valence-electron chi connectivity index (χ1n) is 11.2. The number of carbonyl (C=O) groups excluding carboxylic acids is 1. The fourth-order valence-electron chi connectivity index (χ4n) is 3.95. The third-order valence-corrected chi connectivity index (χ3v) is 7.24. The second kappa shape index (κ2) is 11.1. The van der Waals surface area contributed by atoms with Crippen molar-refractivity contribution in [2.45, 2.75) is 35.5 Å². The number of hydrogen-bond donors (Lipinski definition) is 1. The second-order valence-electron chi connectivity index (χ2n) is 8.27. The number of likely N-dealkylation sites (tertiary alicyclic amines) is 1. The normalized spacial score (nSPS) is 14.9. The zero-order valence-corrected chi connectivity index (χ0v) is 19.6. The van der Waals surface area contributed by atoms with Gasteiger partial charge in [-0.1, -0.05) is 48.5 Å². The largest absolute Gasteiger partial charge is 0.481 e. The van der Waals surface area contributed by atoms with Crippen LogP contribution in [0.2, 0.25) is 0 Å². The summed E-state index contributed by atoms with van der Waals surface area (Å²) in [5, 5.41) is 9.56. The van der Waals surface area contributed by atoms with Crippen LogP contribution in [0.3, 0.4) is 0 Å². The molecule has 0 aromatic heterocycles. The highest BCUT2D eigenvalue weighted by Crippen LogP contribution is 2.44. The number of ether oxygens (including phenoxy) is 2. The standard InChI is InChI=1S/C27H27NO5S/c29-25(30)19-27(34-24-13-11-23(12-14-24)33-22-9-5-2-6-10-22)15-17-28(18-16-27)26(31)32-20-21-7-3-1-4-8-21/h1-14H,15-20H2,(H,29,30). The highest BCUT2D eigenvalue weighted by Gasteiger charge is 2.39. The number of carbonyl (C=O) groups is 2. The third kappa shape index (κ3) is 6.54. The highest BCUT2D eigenvalue weighted by atomic mass is 32.2. The monoisotopic (exact) mass is 477 g/mol. The second-order valence-corrected chi connectivity index (χ2v) is 9.81. The maximum Gasteiger partial charge on any atom is 0.410 e. The van der Waals surface area contributed by atoms with Gasteiger partial charge in [0.05, 0.1) is 6.42 Å². The van der Waals surface area contributed by atoms with Gasteiger partial charge in [0.25, 0.3) is 0 Å². The van der Waals surface area contributed by atoms with Crippen molar-refractivity contribution in [2.24, 2.45) is 0 Å². The van der Waals surface area contributed by atoms with E-state index in [1.165, 1.54) is 0 Å². The first-order valence-corrected chi connectivity index (χ1v) is 12.0. The molecule has 6 nitrogen and oxygen atoms in total. The molecule has 34 heavy (non-hydrogen) atoms. The molecule has 1 aliphatic rings. The van der Waals surface area contributed by atoms with Crippen LogP contribution in [-0.4, -0.2) is 39.9 Å². The minimum absolute atomic E-state index is 0.0346. The van der Waals surface area contributed by atoms with Crippen molar-refractivity contribution >= 4 is 23.8 Å². The van der Waals surface area contributed by atoms with Crippen LogP contribution in [0, 0.1) is 0 Å². The van der Waals surface area contributed by atoms with Crippen molar-refractivity contribution in [3.63, 3.8) is 0 Å². The number of rotatable bonds is 8. The molecule has 0 saturated carbocycles. The van der Waals surface area contributed by atoms with Gasteiger partial charge in [0.1, 0.15) is 18.1 Å². The number of carboxylic acid groups (broad SMARTS) is 1. The van der Waals surface area contributed by atoms with Gasteiger partial charge in [-0.25, -0.2) is 4.79 Å². The molecular weight excluding hydrogens is 450 g/mol. The summed E-state index contributed by atoms with van der Waals surface area (Å²) in [5.74, 6) is 0.646. The summed E-state index contributed by atoms with van der Waals surface area (Å²) in [6.07, 6.45) is 0.826. The van der Waals surface area contributed by atoms with Crippen LogP contribution in [0.15, 0.2) is 89.8 Å². The number of piperidine rings is 1. The molecule has 0 radical (unpaired) electrons. The van der Waals surface area contributed by atoms with Gasteiger partial charge < -0.3 is 19.5 Å². The molecule has 0 atom stereocenters. The molecule has 1 N–H and O–H groups in total. The van der Waals surface area contributed by atoms with E-state index in [2.05, 4.69) is 0 Å². The summed E-state index contributed by atoms with van der Waals surface area (Å²) in [7, 11) is 0. The summed E-state index contributed by atoms with van der Waals surface area (Å²) in [6.45, 7) is 1.15. The summed E-state index contributed by atoms with van der Waals surface area (Å²) < 4.78 is 10.8. The van der Waals surface area contributed by atoms with E-state index in [-0.39, 0.29) is 19.1 Å². The van der Waals surface area contributed by atoms with E-state index in [0.29, 0.717) is 25.9 Å². The molecule has 7 heteroatoms. The maximum atomic E-state index is 12.5. The van der Waals surface area contributed by atoms with Crippen molar-refractivity contribution in [1.82, 2.24) is 4.90 Å². The summed E-state index contributed by atoms with van der Waals surface area (Å²) in [5.41, 5.74) is 0.934. The Labute approximate surface area is 203 Å². The zero-order valence-electron chi connectivity index (χ0n) is 18.8. The molecule has 0 aliphatic carbocycles. The summed E-state index contributed by atoms with van der Waals surface area (Å²) >= 11 is 1.56.